The quantitative estimate of drug-likeness (QED) is 0.0567. The third kappa shape index (κ3) is 27.1. The molecule has 25 saturated heterocycles. The van der Waals surface area contributed by atoms with Gasteiger partial charge in [-0.3, -0.25) is 9.59 Å². The zero-order chi connectivity index (χ0) is 103. The van der Waals surface area contributed by atoms with Gasteiger partial charge in [-0.05, 0) is 88.3 Å². The van der Waals surface area contributed by atoms with Crippen molar-refractivity contribution in [1.82, 2.24) is 11.5 Å². The zero-order valence-corrected chi connectivity index (χ0v) is 79.9. The summed E-state index contributed by atoms with van der Waals surface area (Å²) in [6.07, 6.45) is -83.0. The van der Waals surface area contributed by atoms with Crippen LogP contribution in [0.5, 0.6) is 0 Å². The van der Waals surface area contributed by atoms with E-state index in [0.717, 1.165) is 6.08 Å². The van der Waals surface area contributed by atoms with Crippen LogP contribution in [-0.2, 0) is 114 Å². The van der Waals surface area contributed by atoms with Gasteiger partial charge in [0.1, 0.15) is 232 Å². The molecule has 0 aliphatic carbocycles. The molecule has 49 unspecified atom stereocenters. The highest BCUT2D eigenvalue weighted by atomic mass is 16.8. The van der Waals surface area contributed by atoms with Gasteiger partial charge in [-0.1, -0.05) is 40.9 Å². The highest BCUT2D eigenvalue weighted by molar-refractivity contribution is 5.87. The molecule has 25 fully saturated rings. The van der Waals surface area contributed by atoms with Gasteiger partial charge in [-0.15, -0.1) is 0 Å². The summed E-state index contributed by atoms with van der Waals surface area (Å²) < 4.78 is 126. The number of carbonyl (C=O) groups is 2. The molecule has 0 saturated carbocycles. The summed E-state index contributed by atoms with van der Waals surface area (Å²) in [5.74, 6) is -0.407. The fourth-order valence-corrected chi connectivity index (χ4v) is 17.0. The van der Waals surface area contributed by atoms with Gasteiger partial charge in [0, 0.05) is 23.9 Å². The fourth-order valence-electron chi connectivity index (χ4n) is 17.0. The van der Waals surface area contributed by atoms with E-state index in [0.29, 0.717) is 0 Å². The van der Waals surface area contributed by atoms with E-state index in [2.05, 4.69) is 18.5 Å². The Morgan fingerprint density at radius 2 is 0.525 bits per heavy atom. The van der Waals surface area contributed by atoms with Crippen molar-refractivity contribution in [1.29, 1.82) is 0 Å². The topological polar surface area (TPSA) is 856 Å². The Labute approximate surface area is 800 Å². The number of carbonyl (C=O) groups excluding carboxylic acids is 2. The maximum absolute atomic E-state index is 11.7. The minimum absolute atomic E-state index is 0. The number of nitrogens with two attached hydrogens (primary N) is 1. The number of amides is 1. The Morgan fingerprint density at radius 3 is 0.698 bits per heavy atom. The molecule has 139 heavy (non-hydrogen) atoms. The van der Waals surface area contributed by atoms with Gasteiger partial charge in [0.25, 0.3) is 0 Å². The fraction of sp³-hybridized carbons (Fsp3) is 0.929. The molecule has 33 N–H and O–H groups in total. The Kier molecular flexibility index (Phi) is 43.3. The minimum atomic E-state index is -2.21. The van der Waals surface area contributed by atoms with Crippen molar-refractivity contribution in [2.45, 2.75) is 427 Å². The van der Waals surface area contributed by atoms with Crippen molar-refractivity contribution in [3.63, 3.8) is 0 Å². The van der Waals surface area contributed by atoms with Crippen LogP contribution < -0.4 is 17.2 Å². The Hall–Kier alpha value is -3.42. The molecule has 812 valence electrons. The molecular formula is C85H151N3O51. The van der Waals surface area contributed by atoms with Crippen LogP contribution in [0.15, 0.2) is 25.3 Å². The zero-order valence-electron chi connectivity index (χ0n) is 79.9. The smallest absolute Gasteiger partial charge is 0.243 e. The standard InChI is InChI=1S/C42H70O35.C21H37NO8.C18H35NO7.C4H6O.H3N/c43-1-8-29-15(50)22(57)36(64-8)72-30-9(2-44)66-38(24(59)17(30)52)74-32-11(4-46)68-40(26(61)19(32)54)76-34-13(6-48)70-42(28(63)21(34)56)77-35-14(7-49)69-41(27(62)20(35)55)75-33-12(5-47)67-39(25(60)18(33)53)73-31-10(3-45)65-37(71-29)23(58)16(31)51;1-9-12(23)22-10-11-15(13(24)14(25)17(27-11)29-19(2,3)4)28-18-16(26)20(5,6)21(7,8)30-18;1-16(2,3)25-14-11(21)10(20)12(9(8-19)23-14)24-15-13(22)17(4,5)18(6,7)26-15;1-3-4(2)5;/h8-63H,1-7H2;9,11,13-18,24-26H,1,10H2,2-8H3,(H,22,23);9-15,20-22H,8,19H2,1-7H3;3H,1H2,2H3;1H3. The second-order valence-corrected chi connectivity index (χ2v) is 39.7. The summed E-state index contributed by atoms with van der Waals surface area (Å²) in [6, 6.07) is 0. The number of hydrogen-bond acceptors (Lipinski definition) is 53. The number of rotatable bonds is 18. The molecule has 0 aromatic carbocycles. The average Bonchev–Trinajstić information content (AvgIpc) is 1.55. The molecule has 49 atom stereocenters. The van der Waals surface area contributed by atoms with E-state index < -0.39 is 387 Å². The first-order chi connectivity index (χ1) is 64.2. The molecule has 14 bridgehead atoms. The highest BCUT2D eigenvalue weighted by Gasteiger charge is 2.64. The second kappa shape index (κ2) is 49.8. The molecule has 25 aliphatic heterocycles. The number of ether oxygens (including phenoxy) is 22. The first kappa shape index (κ1) is 121. The van der Waals surface area contributed by atoms with Crippen LogP contribution >= 0.6 is 0 Å². The maximum Gasteiger partial charge on any atom is 0.243 e. The number of hydrogen-bond donors (Lipinski definition) is 30. The summed E-state index contributed by atoms with van der Waals surface area (Å²) >= 11 is 0. The van der Waals surface area contributed by atoms with Gasteiger partial charge in [0.15, 0.2) is 75.0 Å². The molecule has 25 aliphatic rings. The van der Waals surface area contributed by atoms with E-state index in [-0.39, 0.29) is 25.0 Å². The predicted octanol–water partition coefficient (Wildman–Crippen LogP) is -13.7. The van der Waals surface area contributed by atoms with E-state index in [4.69, 9.17) is 110 Å². The first-order valence-corrected chi connectivity index (χ1v) is 45.4. The molecule has 25 heterocycles. The number of aliphatic hydroxyl groups excluding tert-OH is 27. The molecule has 54 heteroatoms. The van der Waals surface area contributed by atoms with E-state index in [1.54, 1.807) is 20.8 Å². The van der Waals surface area contributed by atoms with Gasteiger partial charge in [-0.2, -0.15) is 0 Å². The van der Waals surface area contributed by atoms with E-state index in [1.807, 2.05) is 76.2 Å². The molecule has 0 spiro atoms. The monoisotopic (exact) mass is 2030 g/mol. The van der Waals surface area contributed by atoms with Crippen molar-refractivity contribution >= 4 is 11.7 Å². The maximum atomic E-state index is 11.7. The van der Waals surface area contributed by atoms with Gasteiger partial charge in [-0.25, -0.2) is 0 Å². The molecule has 54 nitrogen and oxygen atoms in total. The largest absolute Gasteiger partial charge is 0.394 e. The van der Waals surface area contributed by atoms with Crippen molar-refractivity contribution in [2.75, 3.05) is 59.3 Å². The van der Waals surface area contributed by atoms with E-state index in [1.165, 1.54) is 13.0 Å². The third-order valence-corrected chi connectivity index (χ3v) is 26.7. The van der Waals surface area contributed by atoms with Crippen molar-refractivity contribution in [2.24, 2.45) is 16.6 Å². The molecule has 0 aromatic rings. The summed E-state index contributed by atoms with van der Waals surface area (Å²) in [4.78, 5) is 21.3. The van der Waals surface area contributed by atoms with Crippen LogP contribution in [0.3, 0.4) is 0 Å². The lowest BCUT2D eigenvalue weighted by molar-refractivity contribution is -0.396. The number of nitrogens with one attached hydrogen (secondary N) is 1. The van der Waals surface area contributed by atoms with Crippen LogP contribution in [0.25, 0.3) is 0 Å². The van der Waals surface area contributed by atoms with Crippen molar-refractivity contribution < 1.29 is 252 Å². The molecule has 0 radical (unpaired) electrons. The second-order valence-electron chi connectivity index (χ2n) is 39.7. The van der Waals surface area contributed by atoms with Crippen LogP contribution in [-0.4, -0.2) is 532 Å². The van der Waals surface area contributed by atoms with E-state index >= 15 is 0 Å². The normalized spacial score (nSPS) is 47.2. The van der Waals surface area contributed by atoms with Gasteiger partial charge in [0.2, 0.25) is 5.91 Å². The van der Waals surface area contributed by atoms with Crippen LogP contribution in [0, 0.1) is 10.8 Å². The average molecular weight is 2030 g/mol. The Morgan fingerprint density at radius 1 is 0.317 bits per heavy atom. The Balaban J connectivity index is 0.000000310. The number of allylic oxidation sites excluding steroid dienone is 1. The number of aliphatic hydroxyl groups is 27. The summed E-state index contributed by atoms with van der Waals surface area (Å²) in [5.41, 5.74) is 2.05. The highest BCUT2D eigenvalue weighted by Crippen LogP contribution is 2.50. The summed E-state index contributed by atoms with van der Waals surface area (Å²) in [7, 11) is 0. The van der Waals surface area contributed by atoms with Crippen LogP contribution in [0.4, 0.5) is 0 Å². The molecular weight excluding hydrogens is 1880 g/mol. The van der Waals surface area contributed by atoms with Crippen LogP contribution in [0.1, 0.15) is 104 Å². The molecule has 1 amide bonds. The van der Waals surface area contributed by atoms with Gasteiger partial charge in [0.05, 0.1) is 68.7 Å². The SMILES string of the molecule is C=CC(=O)NCC1OC(OC(C)(C)C)C(O)C(O)C1OC1OC(C)(C)C(C)(C)C1O.C=CC(C)=O.CC(C)(C)OC1OC(CN)C(OC2OC(C)(C)C(C)(C)C2O)C(O)C1O.N.OCC1OC2OC3C(CO)OC(OC4C(CO)OC(OC5C(CO)OC(OC6C(CO)OC(OC7C(CO)OC(OC8C(CO)OC(OC1C(O)C2O)C(O)C8O)C(O)C7O)C(O)C6O)C(O)C5O)C(O)C4O)C(O)C3O. The lowest BCUT2D eigenvalue weighted by Crippen LogP contribution is -2.68. The summed E-state index contributed by atoms with van der Waals surface area (Å²) in [6.45, 7) is 26.5. The predicted molar refractivity (Wildman–Crippen MR) is 457 cm³/mol. The summed E-state index contributed by atoms with van der Waals surface area (Å²) in [5, 5.41) is 297. The van der Waals surface area contributed by atoms with E-state index in [9.17, 15) is 147 Å². The van der Waals surface area contributed by atoms with Crippen molar-refractivity contribution in [3.8, 4) is 0 Å². The van der Waals surface area contributed by atoms with Crippen LogP contribution in [0.2, 0.25) is 0 Å². The third-order valence-electron chi connectivity index (χ3n) is 26.7. The van der Waals surface area contributed by atoms with Crippen molar-refractivity contribution in [3.05, 3.63) is 25.3 Å². The lowest BCUT2D eigenvalue weighted by atomic mass is 9.75. The first-order valence-electron chi connectivity index (χ1n) is 45.4. The molecule has 25 rings (SSSR count). The van der Waals surface area contributed by atoms with Gasteiger partial charge < -0.3 is 259 Å². The molecule has 0 aromatic heterocycles. The Bertz CT molecular complexity index is 3400. The minimum Gasteiger partial charge on any atom is -0.394 e. The van der Waals surface area contributed by atoms with Gasteiger partial charge >= 0.3 is 0 Å². The lowest BCUT2D eigenvalue weighted by Gasteiger charge is -2.50. The number of ketones is 1.